The lowest BCUT2D eigenvalue weighted by molar-refractivity contribution is 0.0745. The maximum atomic E-state index is 13.2. The molecule has 7 heteroatoms. The lowest BCUT2D eigenvalue weighted by Gasteiger charge is -2.20. The number of rotatable bonds is 4. The number of nitrogens with zero attached hydrogens (tertiary/aromatic N) is 3. The lowest BCUT2D eigenvalue weighted by atomic mass is 10.1. The zero-order chi connectivity index (χ0) is 20.4. The number of aryl methyl sites for hydroxylation is 1. The highest BCUT2D eigenvalue weighted by Crippen LogP contribution is 2.32. The summed E-state index contributed by atoms with van der Waals surface area (Å²) >= 11 is 0. The van der Waals surface area contributed by atoms with Gasteiger partial charge in [-0.3, -0.25) is 9.48 Å². The van der Waals surface area contributed by atoms with Gasteiger partial charge in [-0.05, 0) is 55.0 Å². The number of carbonyl (C=O) groups is 1. The summed E-state index contributed by atoms with van der Waals surface area (Å²) < 4.78 is 25.8. The van der Waals surface area contributed by atoms with Gasteiger partial charge in [0.05, 0.1) is 32.2 Å². The van der Waals surface area contributed by atoms with E-state index in [4.69, 9.17) is 14.6 Å². The first kappa shape index (κ1) is 19.0. The molecule has 1 aliphatic heterocycles. The Labute approximate surface area is 168 Å². The Hall–Kier alpha value is -3.35. The van der Waals surface area contributed by atoms with Crippen molar-refractivity contribution in [2.24, 2.45) is 0 Å². The molecule has 1 aromatic heterocycles. The van der Waals surface area contributed by atoms with Crippen LogP contribution in [-0.2, 0) is 13.1 Å². The number of hydrogen-bond acceptors (Lipinski definition) is 4. The molecule has 0 unspecified atom stereocenters. The molecule has 0 atom stereocenters. The van der Waals surface area contributed by atoms with Gasteiger partial charge in [0, 0.05) is 24.2 Å². The molecule has 4 rings (SSSR count). The van der Waals surface area contributed by atoms with Gasteiger partial charge >= 0.3 is 0 Å². The molecule has 0 radical (unpaired) electrons. The minimum absolute atomic E-state index is 0.104. The Morgan fingerprint density at radius 1 is 1.00 bits per heavy atom. The Morgan fingerprint density at radius 2 is 1.76 bits per heavy atom. The molecule has 0 fully saturated rings. The number of halogens is 1. The van der Waals surface area contributed by atoms with Crippen LogP contribution in [0, 0.1) is 5.82 Å². The zero-order valence-electron chi connectivity index (χ0n) is 16.4. The number of benzene rings is 2. The van der Waals surface area contributed by atoms with Crippen LogP contribution in [0.5, 0.6) is 11.5 Å². The normalized spacial score (nSPS) is 13.6. The second-order valence-electron chi connectivity index (χ2n) is 6.90. The molecular formula is C22H22FN3O3. The number of fused-ring (bicyclic) bond motifs is 1. The third kappa shape index (κ3) is 3.81. The van der Waals surface area contributed by atoms with Crippen molar-refractivity contribution in [2.45, 2.75) is 19.5 Å². The average Bonchev–Trinajstić information content (AvgIpc) is 3.04. The van der Waals surface area contributed by atoms with Gasteiger partial charge in [0.1, 0.15) is 5.82 Å². The number of hydrogen-bond donors (Lipinski definition) is 0. The number of ether oxygens (including phenoxy) is 2. The molecule has 2 aromatic carbocycles. The van der Waals surface area contributed by atoms with Gasteiger partial charge in [0.25, 0.3) is 5.91 Å². The second kappa shape index (κ2) is 7.95. The molecule has 1 aliphatic rings. The SMILES string of the molecule is COc1ccc(-c2cc3n(n2)CCCN(C(=O)c2ccc(F)cc2)C3)cc1OC. The molecule has 0 aliphatic carbocycles. The number of amides is 1. The van der Waals surface area contributed by atoms with Gasteiger partial charge in [-0.2, -0.15) is 5.10 Å². The van der Waals surface area contributed by atoms with Crippen molar-refractivity contribution in [1.82, 2.24) is 14.7 Å². The minimum atomic E-state index is -0.352. The summed E-state index contributed by atoms with van der Waals surface area (Å²) in [7, 11) is 3.20. The summed E-state index contributed by atoms with van der Waals surface area (Å²) in [5, 5.41) is 4.72. The molecule has 6 nitrogen and oxygen atoms in total. The molecule has 0 N–H and O–H groups in total. The Morgan fingerprint density at radius 3 is 2.48 bits per heavy atom. The van der Waals surface area contributed by atoms with E-state index in [0.29, 0.717) is 30.2 Å². The van der Waals surface area contributed by atoms with Crippen molar-refractivity contribution in [1.29, 1.82) is 0 Å². The van der Waals surface area contributed by atoms with Crippen LogP contribution >= 0.6 is 0 Å². The third-order valence-electron chi connectivity index (χ3n) is 5.07. The van der Waals surface area contributed by atoms with Crippen molar-refractivity contribution < 1.29 is 18.7 Å². The molecule has 1 amide bonds. The van der Waals surface area contributed by atoms with Gasteiger partial charge in [0.15, 0.2) is 11.5 Å². The first-order chi connectivity index (χ1) is 14.1. The fourth-order valence-corrected chi connectivity index (χ4v) is 3.55. The van der Waals surface area contributed by atoms with Crippen molar-refractivity contribution in [3.05, 3.63) is 65.6 Å². The predicted octanol–water partition coefficient (Wildman–Crippen LogP) is 3.75. The fraction of sp³-hybridized carbons (Fsp3) is 0.273. The fourth-order valence-electron chi connectivity index (χ4n) is 3.55. The summed E-state index contributed by atoms with van der Waals surface area (Å²) in [6.07, 6.45) is 0.799. The molecule has 29 heavy (non-hydrogen) atoms. The quantitative estimate of drug-likeness (QED) is 0.675. The van der Waals surface area contributed by atoms with Gasteiger partial charge in [-0.25, -0.2) is 4.39 Å². The monoisotopic (exact) mass is 395 g/mol. The molecular weight excluding hydrogens is 373 g/mol. The summed E-state index contributed by atoms with van der Waals surface area (Å²) in [5.41, 5.74) is 3.18. The van der Waals surface area contributed by atoms with Gasteiger partial charge in [0.2, 0.25) is 0 Å². The molecule has 0 saturated carbocycles. The minimum Gasteiger partial charge on any atom is -0.493 e. The molecule has 3 aromatic rings. The maximum absolute atomic E-state index is 13.2. The smallest absolute Gasteiger partial charge is 0.254 e. The zero-order valence-corrected chi connectivity index (χ0v) is 16.4. The predicted molar refractivity (Wildman–Crippen MR) is 107 cm³/mol. The van der Waals surface area contributed by atoms with Gasteiger partial charge in [-0.15, -0.1) is 0 Å². The first-order valence-corrected chi connectivity index (χ1v) is 9.43. The highest BCUT2D eigenvalue weighted by atomic mass is 19.1. The molecule has 150 valence electrons. The van der Waals surface area contributed by atoms with Crippen LogP contribution in [0.15, 0.2) is 48.5 Å². The summed E-state index contributed by atoms with van der Waals surface area (Å²) in [5.74, 6) is 0.844. The number of carbonyl (C=O) groups excluding carboxylic acids is 1. The van der Waals surface area contributed by atoms with E-state index in [-0.39, 0.29) is 11.7 Å². The van der Waals surface area contributed by atoms with E-state index in [2.05, 4.69) is 0 Å². The number of aromatic nitrogens is 2. The van der Waals surface area contributed by atoms with Crippen molar-refractivity contribution in [3.8, 4) is 22.8 Å². The average molecular weight is 395 g/mol. The number of methoxy groups -OCH3 is 2. The molecule has 0 saturated heterocycles. The largest absolute Gasteiger partial charge is 0.493 e. The van der Waals surface area contributed by atoms with E-state index < -0.39 is 0 Å². The Balaban J connectivity index is 1.60. The maximum Gasteiger partial charge on any atom is 0.254 e. The standard InChI is InChI=1S/C22H22FN3O3/c1-28-20-9-6-16(12-21(20)29-2)19-13-18-14-25(10-3-11-26(18)24-19)22(27)15-4-7-17(23)8-5-15/h4-9,12-13H,3,10-11,14H2,1-2H3. The van der Waals surface area contributed by atoms with Crippen LogP contribution in [0.1, 0.15) is 22.5 Å². The highest BCUT2D eigenvalue weighted by Gasteiger charge is 2.22. The van der Waals surface area contributed by atoms with Crippen molar-refractivity contribution in [2.75, 3.05) is 20.8 Å². The van der Waals surface area contributed by atoms with Gasteiger partial charge in [-0.1, -0.05) is 0 Å². The Bertz CT molecular complexity index is 1030. The summed E-state index contributed by atoms with van der Waals surface area (Å²) in [4.78, 5) is 14.6. The molecule has 0 bridgehead atoms. The third-order valence-corrected chi connectivity index (χ3v) is 5.07. The Kier molecular flexibility index (Phi) is 5.20. The van der Waals surface area contributed by atoms with E-state index in [9.17, 15) is 9.18 Å². The molecule has 2 heterocycles. The van der Waals surface area contributed by atoms with E-state index in [1.54, 1.807) is 19.1 Å². The first-order valence-electron chi connectivity index (χ1n) is 9.43. The van der Waals surface area contributed by atoms with Crippen LogP contribution in [0.4, 0.5) is 4.39 Å². The lowest BCUT2D eigenvalue weighted by Crippen LogP contribution is -2.30. The van der Waals surface area contributed by atoms with Crippen LogP contribution < -0.4 is 9.47 Å². The van der Waals surface area contributed by atoms with E-state index in [1.807, 2.05) is 28.9 Å². The van der Waals surface area contributed by atoms with Crippen LogP contribution in [0.3, 0.4) is 0 Å². The second-order valence-corrected chi connectivity index (χ2v) is 6.90. The summed E-state index contributed by atoms with van der Waals surface area (Å²) in [6.45, 7) is 1.82. The van der Waals surface area contributed by atoms with Gasteiger partial charge < -0.3 is 14.4 Å². The highest BCUT2D eigenvalue weighted by molar-refractivity contribution is 5.94. The van der Waals surface area contributed by atoms with Crippen LogP contribution in [0.25, 0.3) is 11.3 Å². The van der Waals surface area contributed by atoms with Crippen molar-refractivity contribution in [3.63, 3.8) is 0 Å². The van der Waals surface area contributed by atoms with Crippen molar-refractivity contribution >= 4 is 5.91 Å². The van der Waals surface area contributed by atoms with E-state index in [1.165, 1.54) is 24.3 Å². The summed E-state index contributed by atoms with van der Waals surface area (Å²) in [6, 6.07) is 13.3. The molecule has 0 spiro atoms. The van der Waals surface area contributed by atoms with E-state index in [0.717, 1.165) is 29.9 Å². The van der Waals surface area contributed by atoms with Crippen LogP contribution in [0.2, 0.25) is 0 Å². The topological polar surface area (TPSA) is 56.6 Å². The van der Waals surface area contributed by atoms with Crippen LogP contribution in [-0.4, -0.2) is 41.4 Å². The van der Waals surface area contributed by atoms with E-state index >= 15 is 0 Å².